The summed E-state index contributed by atoms with van der Waals surface area (Å²) in [5.74, 6) is 0.0789. The van der Waals surface area contributed by atoms with Crippen LogP contribution < -0.4 is 0 Å². The number of carbonyl (C=O) groups is 1. The van der Waals surface area contributed by atoms with Crippen LogP contribution in [0.4, 0.5) is 0 Å². The Labute approximate surface area is 131 Å². The highest BCUT2D eigenvalue weighted by Crippen LogP contribution is 2.05. The third-order valence-corrected chi connectivity index (χ3v) is 3.55. The summed E-state index contributed by atoms with van der Waals surface area (Å²) in [5.41, 5.74) is 0. The predicted molar refractivity (Wildman–Crippen MR) is 91.6 cm³/mol. The van der Waals surface area contributed by atoms with Crippen LogP contribution in [0.1, 0.15) is 38.5 Å². The Kier molecular flexibility index (Phi) is 12.3. The van der Waals surface area contributed by atoms with Crippen LogP contribution >= 0.6 is 0 Å². The van der Waals surface area contributed by atoms with Gasteiger partial charge in [0.2, 0.25) is 5.91 Å². The summed E-state index contributed by atoms with van der Waals surface area (Å²) in [7, 11) is 8.39. The largest absolute Gasteiger partial charge is 0.339 e. The summed E-state index contributed by atoms with van der Waals surface area (Å²) in [6.07, 6.45) is 8.38. The summed E-state index contributed by atoms with van der Waals surface area (Å²) in [6.45, 7) is 7.60. The van der Waals surface area contributed by atoms with Gasteiger partial charge in [-0.05, 0) is 73.0 Å². The fraction of sp³-hybridized carbons (Fsp3) is 0.824. The van der Waals surface area contributed by atoms with Crippen molar-refractivity contribution < 1.29 is 4.79 Å². The molecule has 0 unspecified atom stereocenters. The van der Waals surface area contributed by atoms with Crippen LogP contribution in [-0.4, -0.2) is 75.0 Å². The molecule has 1 amide bonds. The lowest BCUT2D eigenvalue weighted by molar-refractivity contribution is -0.126. The van der Waals surface area contributed by atoms with Crippen LogP contribution in [0, 0.1) is 0 Å². The fourth-order valence-corrected chi connectivity index (χ4v) is 2.28. The highest BCUT2D eigenvalue weighted by molar-refractivity contribution is 5.86. The summed E-state index contributed by atoms with van der Waals surface area (Å²) in [6, 6.07) is 0. The Morgan fingerprint density at radius 3 is 1.48 bits per heavy atom. The van der Waals surface area contributed by atoms with Gasteiger partial charge in [0, 0.05) is 13.1 Å². The lowest BCUT2D eigenvalue weighted by Crippen LogP contribution is -2.31. The number of amides is 1. The van der Waals surface area contributed by atoms with Crippen LogP contribution in [0.3, 0.4) is 0 Å². The minimum Gasteiger partial charge on any atom is -0.339 e. The van der Waals surface area contributed by atoms with E-state index in [0.717, 1.165) is 39.0 Å². The fourth-order valence-electron chi connectivity index (χ4n) is 2.28. The Morgan fingerprint density at radius 2 is 1.14 bits per heavy atom. The molecule has 0 heterocycles. The second-order valence-corrected chi connectivity index (χ2v) is 6.26. The zero-order valence-corrected chi connectivity index (χ0v) is 14.6. The zero-order chi connectivity index (χ0) is 16.1. The van der Waals surface area contributed by atoms with Crippen molar-refractivity contribution in [2.45, 2.75) is 38.5 Å². The van der Waals surface area contributed by atoms with Crippen LogP contribution in [0.15, 0.2) is 12.7 Å². The molecule has 0 atom stereocenters. The van der Waals surface area contributed by atoms with Gasteiger partial charge in [-0.3, -0.25) is 4.79 Å². The summed E-state index contributed by atoms with van der Waals surface area (Å²) < 4.78 is 0. The van der Waals surface area contributed by atoms with Crippen LogP contribution in [0.5, 0.6) is 0 Å². The van der Waals surface area contributed by atoms with Crippen molar-refractivity contribution in [3.05, 3.63) is 12.7 Å². The molecule has 0 saturated heterocycles. The smallest absolute Gasteiger partial charge is 0.245 e. The van der Waals surface area contributed by atoms with Crippen molar-refractivity contribution in [1.29, 1.82) is 0 Å². The molecular weight excluding hydrogens is 262 g/mol. The first-order valence-electron chi connectivity index (χ1n) is 8.18. The van der Waals surface area contributed by atoms with E-state index in [9.17, 15) is 4.79 Å². The van der Waals surface area contributed by atoms with Crippen LogP contribution in [0.25, 0.3) is 0 Å². The Balaban J connectivity index is 3.82. The first kappa shape index (κ1) is 20.1. The highest BCUT2D eigenvalue weighted by Gasteiger charge is 2.09. The second kappa shape index (κ2) is 12.8. The Hall–Kier alpha value is -0.870. The average molecular weight is 297 g/mol. The van der Waals surface area contributed by atoms with Gasteiger partial charge in [0.1, 0.15) is 0 Å². The summed E-state index contributed by atoms with van der Waals surface area (Å²) >= 11 is 0. The maximum atomic E-state index is 11.8. The van der Waals surface area contributed by atoms with Crippen LogP contribution in [-0.2, 0) is 4.79 Å². The van der Waals surface area contributed by atoms with Gasteiger partial charge in [0.15, 0.2) is 0 Å². The van der Waals surface area contributed by atoms with E-state index in [0.29, 0.717) is 0 Å². The van der Waals surface area contributed by atoms with Crippen molar-refractivity contribution >= 4 is 5.91 Å². The summed E-state index contributed by atoms with van der Waals surface area (Å²) in [4.78, 5) is 18.2. The van der Waals surface area contributed by atoms with Gasteiger partial charge in [-0.25, -0.2) is 0 Å². The molecule has 21 heavy (non-hydrogen) atoms. The van der Waals surface area contributed by atoms with Gasteiger partial charge in [-0.15, -0.1) is 0 Å². The molecule has 0 bridgehead atoms. The lowest BCUT2D eigenvalue weighted by Gasteiger charge is -2.21. The van der Waals surface area contributed by atoms with Crippen molar-refractivity contribution in [2.75, 3.05) is 54.4 Å². The number of carbonyl (C=O) groups excluding carboxylic acids is 1. The molecule has 0 aliphatic carbocycles. The van der Waals surface area contributed by atoms with Gasteiger partial charge in [0.05, 0.1) is 0 Å². The Morgan fingerprint density at radius 1 is 0.762 bits per heavy atom. The van der Waals surface area contributed by atoms with Crippen molar-refractivity contribution in [1.82, 2.24) is 14.7 Å². The average Bonchev–Trinajstić information content (AvgIpc) is 2.42. The zero-order valence-electron chi connectivity index (χ0n) is 14.6. The molecule has 0 aliphatic heterocycles. The topological polar surface area (TPSA) is 26.8 Å². The third-order valence-electron chi connectivity index (χ3n) is 3.55. The standard InChI is InChI=1S/C17H35N3O/c1-6-17(21)20(15-11-7-9-13-18(2)3)16-12-8-10-14-19(4)5/h6H,1,7-16H2,2-5H3. The van der Waals surface area contributed by atoms with Crippen molar-refractivity contribution in [2.24, 2.45) is 0 Å². The molecular formula is C17H35N3O. The normalized spacial score (nSPS) is 11.1. The van der Waals surface area contributed by atoms with E-state index < -0.39 is 0 Å². The number of unbranched alkanes of at least 4 members (excludes halogenated alkanes) is 4. The molecule has 0 aromatic rings. The van der Waals surface area contributed by atoms with Crippen molar-refractivity contribution in [3.8, 4) is 0 Å². The maximum absolute atomic E-state index is 11.8. The maximum Gasteiger partial charge on any atom is 0.245 e. The molecule has 0 aromatic heterocycles. The van der Waals surface area contributed by atoms with E-state index >= 15 is 0 Å². The molecule has 0 aromatic carbocycles. The minimum atomic E-state index is 0.0789. The SMILES string of the molecule is C=CC(=O)N(CCCCCN(C)C)CCCCCN(C)C. The predicted octanol–water partition coefficient (Wildman–Crippen LogP) is 2.46. The van der Waals surface area contributed by atoms with E-state index in [2.05, 4.69) is 44.6 Å². The van der Waals surface area contributed by atoms with Gasteiger partial charge in [-0.1, -0.05) is 19.4 Å². The second-order valence-electron chi connectivity index (χ2n) is 6.26. The Bertz CT molecular complexity index is 259. The van der Waals surface area contributed by atoms with Crippen molar-refractivity contribution in [3.63, 3.8) is 0 Å². The first-order chi connectivity index (χ1) is 9.97. The molecule has 0 N–H and O–H groups in total. The quantitative estimate of drug-likeness (QED) is 0.386. The molecule has 4 heteroatoms. The molecule has 0 saturated carbocycles. The molecule has 0 spiro atoms. The molecule has 0 rings (SSSR count). The van der Waals surface area contributed by atoms with E-state index in [4.69, 9.17) is 0 Å². The monoisotopic (exact) mass is 297 g/mol. The molecule has 4 nitrogen and oxygen atoms in total. The third kappa shape index (κ3) is 12.6. The minimum absolute atomic E-state index is 0.0789. The summed E-state index contributed by atoms with van der Waals surface area (Å²) in [5, 5.41) is 0. The van der Waals surface area contributed by atoms with E-state index in [-0.39, 0.29) is 5.91 Å². The molecule has 0 fully saturated rings. The van der Waals surface area contributed by atoms with E-state index in [1.807, 2.05) is 4.90 Å². The van der Waals surface area contributed by atoms with E-state index in [1.54, 1.807) is 0 Å². The van der Waals surface area contributed by atoms with Crippen LogP contribution in [0.2, 0.25) is 0 Å². The number of hydrogen-bond acceptors (Lipinski definition) is 3. The molecule has 124 valence electrons. The number of hydrogen-bond donors (Lipinski definition) is 0. The van der Waals surface area contributed by atoms with Gasteiger partial charge in [-0.2, -0.15) is 0 Å². The van der Waals surface area contributed by atoms with Gasteiger partial charge >= 0.3 is 0 Å². The van der Waals surface area contributed by atoms with Gasteiger partial charge < -0.3 is 14.7 Å². The first-order valence-corrected chi connectivity index (χ1v) is 8.18. The van der Waals surface area contributed by atoms with Gasteiger partial charge in [0.25, 0.3) is 0 Å². The number of rotatable bonds is 13. The molecule has 0 radical (unpaired) electrons. The van der Waals surface area contributed by atoms with E-state index in [1.165, 1.54) is 31.8 Å². The highest BCUT2D eigenvalue weighted by atomic mass is 16.2. The number of nitrogens with zero attached hydrogens (tertiary/aromatic N) is 3. The lowest BCUT2D eigenvalue weighted by atomic mass is 10.2. The molecule has 0 aliphatic rings.